The summed E-state index contributed by atoms with van der Waals surface area (Å²) >= 11 is 0. The van der Waals surface area contributed by atoms with E-state index >= 15 is 0 Å². The van der Waals surface area contributed by atoms with E-state index in [-0.39, 0.29) is 0 Å². The third kappa shape index (κ3) is 5.73. The van der Waals surface area contributed by atoms with Crippen molar-refractivity contribution in [2.75, 3.05) is 13.1 Å². The van der Waals surface area contributed by atoms with E-state index in [9.17, 15) is 4.79 Å². The van der Waals surface area contributed by atoms with Crippen LogP contribution in [0.1, 0.15) is 36.7 Å². The van der Waals surface area contributed by atoms with Crippen LogP contribution in [0.25, 0.3) is 0 Å². The van der Waals surface area contributed by atoms with Gasteiger partial charge in [0.05, 0.1) is 6.54 Å². The summed E-state index contributed by atoms with van der Waals surface area (Å²) in [6, 6.07) is 7.23. The molecular formula is C15H24N4O. The monoisotopic (exact) mass is 276 g/mol. The van der Waals surface area contributed by atoms with Crippen molar-refractivity contribution in [2.24, 2.45) is 16.6 Å². The van der Waals surface area contributed by atoms with Crippen LogP contribution < -0.4 is 16.4 Å². The summed E-state index contributed by atoms with van der Waals surface area (Å²) in [4.78, 5) is 15.6. The van der Waals surface area contributed by atoms with Crippen LogP contribution in [0.5, 0.6) is 0 Å². The van der Waals surface area contributed by atoms with Crippen LogP contribution in [0, 0.1) is 5.92 Å². The third-order valence-corrected chi connectivity index (χ3v) is 2.65. The first kappa shape index (κ1) is 16.0. The summed E-state index contributed by atoms with van der Waals surface area (Å²) in [5.74, 6) is 0.920. The Morgan fingerprint density at radius 1 is 1.35 bits per heavy atom. The van der Waals surface area contributed by atoms with Gasteiger partial charge in [-0.25, -0.2) is 4.99 Å². The molecule has 0 saturated heterocycles. The Morgan fingerprint density at radius 2 is 2.10 bits per heavy atom. The van der Waals surface area contributed by atoms with Crippen LogP contribution in [0.3, 0.4) is 0 Å². The van der Waals surface area contributed by atoms with E-state index in [0.717, 1.165) is 24.6 Å². The molecule has 0 aliphatic heterocycles. The Labute approximate surface area is 120 Å². The molecule has 1 amide bonds. The Balaban J connectivity index is 2.70. The lowest BCUT2D eigenvalue weighted by Crippen LogP contribution is -2.39. The second kappa shape index (κ2) is 8.19. The molecular weight excluding hydrogens is 252 g/mol. The zero-order chi connectivity index (χ0) is 15.0. The highest BCUT2D eigenvalue weighted by Crippen LogP contribution is 2.06. The van der Waals surface area contributed by atoms with E-state index < -0.39 is 5.91 Å². The van der Waals surface area contributed by atoms with Gasteiger partial charge in [-0.1, -0.05) is 26.0 Å². The standard InChI is InChI=1S/C15H24N4O/c1-4-17-15(18-9-11(2)3)19-10-12-6-5-7-13(8-12)14(16)20/h5-8,11H,4,9-10H2,1-3H3,(H2,16,20)(H2,17,18,19). The predicted molar refractivity (Wildman–Crippen MR) is 82.6 cm³/mol. The van der Waals surface area contributed by atoms with Gasteiger partial charge in [0.15, 0.2) is 5.96 Å². The first-order valence-electron chi connectivity index (χ1n) is 6.93. The second-order valence-electron chi connectivity index (χ2n) is 5.03. The number of nitrogens with two attached hydrogens (primary N) is 1. The average molecular weight is 276 g/mol. The van der Waals surface area contributed by atoms with E-state index in [1.165, 1.54) is 0 Å². The van der Waals surface area contributed by atoms with Gasteiger partial charge >= 0.3 is 0 Å². The van der Waals surface area contributed by atoms with Crippen molar-refractivity contribution in [3.05, 3.63) is 35.4 Å². The topological polar surface area (TPSA) is 79.5 Å². The number of carbonyl (C=O) groups is 1. The molecule has 1 aromatic rings. The van der Waals surface area contributed by atoms with Gasteiger partial charge in [-0.2, -0.15) is 0 Å². The van der Waals surface area contributed by atoms with Crippen molar-refractivity contribution in [3.8, 4) is 0 Å². The number of benzene rings is 1. The lowest BCUT2D eigenvalue weighted by atomic mass is 10.1. The number of nitrogens with one attached hydrogen (secondary N) is 2. The fraction of sp³-hybridized carbons (Fsp3) is 0.467. The molecule has 1 rings (SSSR count). The van der Waals surface area contributed by atoms with Crippen LogP contribution in [-0.4, -0.2) is 25.0 Å². The minimum atomic E-state index is -0.416. The molecule has 0 spiro atoms. The van der Waals surface area contributed by atoms with Gasteiger partial charge < -0.3 is 16.4 Å². The zero-order valence-corrected chi connectivity index (χ0v) is 12.4. The first-order valence-corrected chi connectivity index (χ1v) is 6.93. The molecule has 0 unspecified atom stereocenters. The summed E-state index contributed by atoms with van der Waals surface area (Å²) < 4.78 is 0. The number of hydrogen-bond acceptors (Lipinski definition) is 2. The molecule has 0 heterocycles. The van der Waals surface area contributed by atoms with E-state index in [1.807, 2.05) is 19.1 Å². The van der Waals surface area contributed by atoms with Crippen molar-refractivity contribution < 1.29 is 4.79 Å². The van der Waals surface area contributed by atoms with Crippen molar-refractivity contribution in [2.45, 2.75) is 27.3 Å². The summed E-state index contributed by atoms with van der Waals surface area (Å²) in [7, 11) is 0. The highest BCUT2D eigenvalue weighted by Gasteiger charge is 2.02. The van der Waals surface area contributed by atoms with E-state index in [4.69, 9.17) is 5.73 Å². The molecule has 110 valence electrons. The van der Waals surface area contributed by atoms with Gasteiger partial charge in [-0.05, 0) is 30.5 Å². The third-order valence-electron chi connectivity index (χ3n) is 2.65. The van der Waals surface area contributed by atoms with Crippen molar-refractivity contribution >= 4 is 11.9 Å². The minimum Gasteiger partial charge on any atom is -0.366 e. The molecule has 0 radical (unpaired) electrons. The maximum atomic E-state index is 11.1. The quantitative estimate of drug-likeness (QED) is 0.544. The summed E-state index contributed by atoms with van der Waals surface area (Å²) in [6.45, 7) is 8.51. The molecule has 0 atom stereocenters. The van der Waals surface area contributed by atoms with Crippen molar-refractivity contribution in [3.63, 3.8) is 0 Å². The summed E-state index contributed by atoms with van der Waals surface area (Å²) in [5, 5.41) is 6.47. The summed E-state index contributed by atoms with van der Waals surface area (Å²) in [5.41, 5.74) is 6.74. The van der Waals surface area contributed by atoms with Crippen LogP contribution >= 0.6 is 0 Å². The van der Waals surface area contributed by atoms with E-state index in [2.05, 4.69) is 29.5 Å². The smallest absolute Gasteiger partial charge is 0.248 e. The second-order valence-corrected chi connectivity index (χ2v) is 5.03. The molecule has 0 bridgehead atoms. The van der Waals surface area contributed by atoms with E-state index in [0.29, 0.717) is 18.0 Å². The van der Waals surface area contributed by atoms with Gasteiger partial charge in [0, 0.05) is 18.7 Å². The van der Waals surface area contributed by atoms with E-state index in [1.54, 1.807) is 12.1 Å². The van der Waals surface area contributed by atoms with Crippen molar-refractivity contribution in [1.29, 1.82) is 0 Å². The molecule has 0 aliphatic carbocycles. The predicted octanol–water partition coefficient (Wildman–Crippen LogP) is 1.50. The normalized spacial score (nSPS) is 11.5. The Kier molecular flexibility index (Phi) is 6.56. The van der Waals surface area contributed by atoms with Gasteiger partial charge in [-0.3, -0.25) is 4.79 Å². The molecule has 5 heteroatoms. The number of hydrogen-bond donors (Lipinski definition) is 3. The molecule has 0 aliphatic rings. The SMILES string of the molecule is CCNC(=NCc1cccc(C(N)=O)c1)NCC(C)C. The first-order chi connectivity index (χ1) is 9.52. The van der Waals surface area contributed by atoms with Crippen LogP contribution in [0.4, 0.5) is 0 Å². The number of carbonyl (C=O) groups excluding carboxylic acids is 1. The molecule has 4 N–H and O–H groups in total. The number of primary amides is 1. The largest absolute Gasteiger partial charge is 0.366 e. The molecule has 20 heavy (non-hydrogen) atoms. The van der Waals surface area contributed by atoms with Gasteiger partial charge in [0.2, 0.25) is 5.91 Å². The number of aliphatic imine (C=N–C) groups is 1. The maximum absolute atomic E-state index is 11.1. The fourth-order valence-electron chi connectivity index (χ4n) is 1.64. The lowest BCUT2D eigenvalue weighted by molar-refractivity contribution is 0.1000. The van der Waals surface area contributed by atoms with Gasteiger partial charge in [-0.15, -0.1) is 0 Å². The molecule has 0 saturated carbocycles. The summed E-state index contributed by atoms with van der Waals surface area (Å²) in [6.07, 6.45) is 0. The molecule has 1 aromatic carbocycles. The Hall–Kier alpha value is -2.04. The molecule has 0 aromatic heterocycles. The van der Waals surface area contributed by atoms with Gasteiger partial charge in [0.1, 0.15) is 0 Å². The molecule has 5 nitrogen and oxygen atoms in total. The number of rotatable bonds is 6. The van der Waals surface area contributed by atoms with Crippen LogP contribution in [0.2, 0.25) is 0 Å². The number of guanidine groups is 1. The Bertz CT molecular complexity index is 469. The maximum Gasteiger partial charge on any atom is 0.248 e. The fourth-order valence-corrected chi connectivity index (χ4v) is 1.64. The average Bonchev–Trinajstić information content (AvgIpc) is 2.42. The van der Waals surface area contributed by atoms with Gasteiger partial charge in [0.25, 0.3) is 0 Å². The minimum absolute atomic E-state index is 0.416. The molecule has 0 fully saturated rings. The zero-order valence-electron chi connectivity index (χ0n) is 12.4. The highest BCUT2D eigenvalue weighted by atomic mass is 16.1. The lowest BCUT2D eigenvalue weighted by Gasteiger charge is -2.13. The number of amides is 1. The highest BCUT2D eigenvalue weighted by molar-refractivity contribution is 5.92. The Morgan fingerprint density at radius 3 is 2.70 bits per heavy atom. The van der Waals surface area contributed by atoms with Crippen LogP contribution in [0.15, 0.2) is 29.3 Å². The van der Waals surface area contributed by atoms with Crippen molar-refractivity contribution in [1.82, 2.24) is 10.6 Å². The van der Waals surface area contributed by atoms with Crippen LogP contribution in [-0.2, 0) is 6.54 Å². The number of nitrogens with zero attached hydrogens (tertiary/aromatic N) is 1.